The summed E-state index contributed by atoms with van der Waals surface area (Å²) in [5, 5.41) is 3.11. The highest BCUT2D eigenvalue weighted by molar-refractivity contribution is 5.97. The van der Waals surface area contributed by atoms with Gasteiger partial charge in [0.15, 0.2) is 0 Å². The highest BCUT2D eigenvalue weighted by Gasteiger charge is 2.22. The maximum atomic E-state index is 13.1. The summed E-state index contributed by atoms with van der Waals surface area (Å²) in [5.41, 5.74) is 4.63. The maximum Gasteiger partial charge on any atom is 0.252 e. The van der Waals surface area contributed by atoms with E-state index in [1.165, 1.54) is 0 Å². The number of amides is 1. The first-order chi connectivity index (χ1) is 14.5. The van der Waals surface area contributed by atoms with E-state index in [-0.39, 0.29) is 5.91 Å². The van der Waals surface area contributed by atoms with Crippen molar-refractivity contribution in [2.75, 3.05) is 7.11 Å². The minimum absolute atomic E-state index is 0.208. The molecule has 7 heteroatoms. The van der Waals surface area contributed by atoms with Crippen LogP contribution in [0.15, 0.2) is 54.9 Å². The van der Waals surface area contributed by atoms with Crippen molar-refractivity contribution < 1.29 is 9.53 Å². The Balaban J connectivity index is 1.68. The molecule has 2 aromatic heterocycles. The van der Waals surface area contributed by atoms with Crippen LogP contribution in [-0.4, -0.2) is 32.5 Å². The van der Waals surface area contributed by atoms with Crippen LogP contribution in [0.5, 0.6) is 5.75 Å². The van der Waals surface area contributed by atoms with E-state index in [0.29, 0.717) is 11.1 Å². The molecule has 1 atom stereocenters. The Labute approximate surface area is 174 Å². The van der Waals surface area contributed by atoms with Crippen LogP contribution in [0.1, 0.15) is 39.2 Å². The van der Waals surface area contributed by atoms with Gasteiger partial charge in [0.05, 0.1) is 29.5 Å². The summed E-state index contributed by atoms with van der Waals surface area (Å²) in [6.45, 7) is 3.84. The largest absolute Gasteiger partial charge is 0.497 e. The van der Waals surface area contributed by atoms with Crippen molar-refractivity contribution in [3.8, 4) is 5.75 Å². The predicted octanol–water partition coefficient (Wildman–Crippen LogP) is 3.51. The number of benzene rings is 2. The van der Waals surface area contributed by atoms with E-state index in [2.05, 4.69) is 20.3 Å². The monoisotopic (exact) mass is 401 g/mol. The molecule has 4 aromatic rings. The number of nitrogens with one attached hydrogen (secondary N) is 1. The van der Waals surface area contributed by atoms with E-state index < -0.39 is 6.04 Å². The number of carbonyl (C=O) groups is 1. The van der Waals surface area contributed by atoms with E-state index in [1.54, 1.807) is 25.4 Å². The van der Waals surface area contributed by atoms with Crippen LogP contribution in [0.25, 0.3) is 11.0 Å². The van der Waals surface area contributed by atoms with Crippen LogP contribution < -0.4 is 10.1 Å². The summed E-state index contributed by atoms with van der Waals surface area (Å²) in [6.07, 6.45) is 3.57. The lowest BCUT2D eigenvalue weighted by Gasteiger charge is -2.19. The Morgan fingerprint density at radius 1 is 1.03 bits per heavy atom. The molecule has 7 nitrogen and oxygen atoms in total. The smallest absolute Gasteiger partial charge is 0.252 e. The van der Waals surface area contributed by atoms with E-state index in [1.807, 2.05) is 62.0 Å². The Kier molecular flexibility index (Phi) is 5.18. The number of fused-ring (bicyclic) bond motifs is 1. The molecule has 1 N–H and O–H groups in total. The van der Waals surface area contributed by atoms with Crippen molar-refractivity contribution in [2.45, 2.75) is 19.9 Å². The lowest BCUT2D eigenvalue weighted by atomic mass is 10.0. The third-order valence-electron chi connectivity index (χ3n) is 5.18. The molecule has 0 fully saturated rings. The fourth-order valence-electron chi connectivity index (χ4n) is 3.33. The minimum atomic E-state index is -0.412. The van der Waals surface area contributed by atoms with E-state index >= 15 is 0 Å². The molecule has 0 bridgehead atoms. The molecule has 0 saturated heterocycles. The molecule has 0 unspecified atom stereocenters. The van der Waals surface area contributed by atoms with Crippen LogP contribution in [0.4, 0.5) is 0 Å². The van der Waals surface area contributed by atoms with Crippen molar-refractivity contribution in [1.29, 1.82) is 0 Å². The first-order valence-electron chi connectivity index (χ1n) is 9.63. The van der Waals surface area contributed by atoms with Crippen LogP contribution in [0.3, 0.4) is 0 Å². The number of ether oxygens (including phenoxy) is 1. The summed E-state index contributed by atoms with van der Waals surface area (Å²) >= 11 is 0. The zero-order valence-corrected chi connectivity index (χ0v) is 17.4. The molecule has 0 aliphatic carbocycles. The Morgan fingerprint density at radius 3 is 2.37 bits per heavy atom. The van der Waals surface area contributed by atoms with Crippen molar-refractivity contribution in [3.63, 3.8) is 0 Å². The number of aryl methyl sites for hydroxylation is 3. The molecular formula is C23H23N5O2. The van der Waals surface area contributed by atoms with E-state index in [4.69, 9.17) is 4.74 Å². The lowest BCUT2D eigenvalue weighted by Crippen LogP contribution is -2.31. The number of rotatable bonds is 5. The van der Waals surface area contributed by atoms with Gasteiger partial charge in [-0.2, -0.15) is 0 Å². The molecule has 152 valence electrons. The molecule has 0 saturated carbocycles. The summed E-state index contributed by atoms with van der Waals surface area (Å²) in [6, 6.07) is 12.5. The SMILES string of the molecule is COc1ccc([C@@H](NC(=O)c2ccc3nc(C)c(C)nc3c2)c2nccn2C)cc1. The van der Waals surface area contributed by atoms with Gasteiger partial charge >= 0.3 is 0 Å². The van der Waals surface area contributed by atoms with Gasteiger partial charge in [-0.25, -0.2) is 15.0 Å². The van der Waals surface area contributed by atoms with Gasteiger partial charge in [0, 0.05) is 25.0 Å². The van der Waals surface area contributed by atoms with Gasteiger partial charge in [0.25, 0.3) is 5.91 Å². The van der Waals surface area contributed by atoms with Crippen molar-refractivity contribution >= 4 is 16.9 Å². The van der Waals surface area contributed by atoms with Gasteiger partial charge in [0.2, 0.25) is 0 Å². The van der Waals surface area contributed by atoms with Gasteiger partial charge in [-0.1, -0.05) is 12.1 Å². The van der Waals surface area contributed by atoms with Gasteiger partial charge in [-0.15, -0.1) is 0 Å². The highest BCUT2D eigenvalue weighted by Crippen LogP contribution is 2.24. The average Bonchev–Trinajstić information content (AvgIpc) is 3.18. The van der Waals surface area contributed by atoms with Crippen LogP contribution in [0, 0.1) is 13.8 Å². The fourth-order valence-corrected chi connectivity index (χ4v) is 3.33. The molecule has 2 heterocycles. The van der Waals surface area contributed by atoms with Gasteiger partial charge in [-0.05, 0) is 49.7 Å². The Bertz CT molecular complexity index is 1210. The first-order valence-corrected chi connectivity index (χ1v) is 9.63. The number of carbonyl (C=O) groups excluding carboxylic acids is 1. The van der Waals surface area contributed by atoms with Crippen LogP contribution >= 0.6 is 0 Å². The van der Waals surface area contributed by atoms with Crippen molar-refractivity contribution in [1.82, 2.24) is 24.8 Å². The topological polar surface area (TPSA) is 81.9 Å². The number of hydrogen-bond acceptors (Lipinski definition) is 5. The summed E-state index contributed by atoms with van der Waals surface area (Å²) in [5.74, 6) is 1.28. The second-order valence-corrected chi connectivity index (χ2v) is 7.17. The maximum absolute atomic E-state index is 13.1. The van der Waals surface area contributed by atoms with E-state index in [9.17, 15) is 4.79 Å². The molecule has 30 heavy (non-hydrogen) atoms. The molecule has 0 spiro atoms. The van der Waals surface area contributed by atoms with Gasteiger partial charge in [0.1, 0.15) is 17.6 Å². The number of hydrogen-bond donors (Lipinski definition) is 1. The molecule has 2 aromatic carbocycles. The summed E-state index contributed by atoms with van der Waals surface area (Å²) < 4.78 is 7.15. The molecule has 0 aliphatic rings. The molecular weight excluding hydrogens is 378 g/mol. The van der Waals surface area contributed by atoms with Crippen LogP contribution in [-0.2, 0) is 7.05 Å². The predicted molar refractivity (Wildman–Crippen MR) is 115 cm³/mol. The Morgan fingerprint density at radius 2 is 1.73 bits per heavy atom. The second-order valence-electron chi connectivity index (χ2n) is 7.17. The van der Waals surface area contributed by atoms with E-state index in [0.717, 1.165) is 34.0 Å². The lowest BCUT2D eigenvalue weighted by molar-refractivity contribution is 0.0941. The number of nitrogens with zero attached hydrogens (tertiary/aromatic N) is 4. The molecule has 4 rings (SSSR count). The fraction of sp³-hybridized carbons (Fsp3) is 0.217. The second kappa shape index (κ2) is 7.94. The number of imidazole rings is 1. The highest BCUT2D eigenvalue weighted by atomic mass is 16.5. The quantitative estimate of drug-likeness (QED) is 0.553. The summed E-state index contributed by atoms with van der Waals surface area (Å²) in [4.78, 5) is 26.7. The van der Waals surface area contributed by atoms with Crippen molar-refractivity contribution in [2.24, 2.45) is 7.05 Å². The number of methoxy groups -OCH3 is 1. The normalized spacial score (nSPS) is 12.0. The van der Waals surface area contributed by atoms with Crippen LogP contribution in [0.2, 0.25) is 0 Å². The van der Waals surface area contributed by atoms with Gasteiger partial charge in [-0.3, -0.25) is 4.79 Å². The van der Waals surface area contributed by atoms with Gasteiger partial charge < -0.3 is 14.6 Å². The number of aromatic nitrogens is 4. The third kappa shape index (κ3) is 3.74. The first kappa shape index (κ1) is 19.6. The zero-order chi connectivity index (χ0) is 21.3. The molecule has 0 radical (unpaired) electrons. The average molecular weight is 401 g/mol. The molecule has 0 aliphatic heterocycles. The van der Waals surface area contributed by atoms with Crippen molar-refractivity contribution in [3.05, 3.63) is 83.2 Å². The summed E-state index contributed by atoms with van der Waals surface area (Å²) in [7, 11) is 3.53. The minimum Gasteiger partial charge on any atom is -0.497 e. The standard InChI is InChI=1S/C23H23N5O2/c1-14-15(2)26-20-13-17(7-10-19(20)25-14)23(29)27-21(22-24-11-12-28(22)3)16-5-8-18(30-4)9-6-16/h5-13,21H,1-4H3,(H,27,29)/t21-/m1/s1. The molecule has 1 amide bonds. The third-order valence-corrected chi connectivity index (χ3v) is 5.18. The Hall–Kier alpha value is -3.74. The zero-order valence-electron chi connectivity index (χ0n) is 17.4.